The molecule has 0 spiro atoms. The number of benzene rings is 1. The average molecular weight is 416 g/mol. The summed E-state index contributed by atoms with van der Waals surface area (Å²) in [6.45, 7) is 5.08. The number of aromatic nitrogens is 2. The molecule has 0 saturated heterocycles. The van der Waals surface area contributed by atoms with Crippen molar-refractivity contribution in [3.8, 4) is 0 Å². The molecule has 0 radical (unpaired) electrons. The molecule has 30 heavy (non-hydrogen) atoms. The van der Waals surface area contributed by atoms with Gasteiger partial charge in [0.25, 0.3) is 5.91 Å². The Balaban J connectivity index is 2.04. The van der Waals surface area contributed by atoms with Crippen molar-refractivity contribution in [3.63, 3.8) is 0 Å². The fraction of sp³-hybridized carbons (Fsp3) is 0.400. The number of methoxy groups -OCH3 is 1. The number of esters is 1. The molecule has 3 rings (SSSR count). The van der Waals surface area contributed by atoms with Crippen molar-refractivity contribution in [2.45, 2.75) is 26.4 Å². The number of para-hydroxylation sites is 1. The Kier molecular flexibility index (Phi) is 5.79. The van der Waals surface area contributed by atoms with Crippen LogP contribution in [0.4, 0.5) is 10.5 Å². The third-order valence-corrected chi connectivity index (χ3v) is 4.37. The second-order valence-corrected chi connectivity index (χ2v) is 7.70. The minimum Gasteiger partial charge on any atom is -0.466 e. The van der Waals surface area contributed by atoms with E-state index in [1.54, 1.807) is 39.0 Å². The van der Waals surface area contributed by atoms with Crippen LogP contribution in [0.25, 0.3) is 10.9 Å². The molecular formula is C20H24N4O6. The SMILES string of the molecule is COC(=O)C1=C(Nc2cccc3cnn(C(=O)OC(C)(C)C)c23)C(=O)N(CCO)C1. The standard InChI is InChI=1S/C20H24N4O6/c1-20(2,3)30-19(28)24-16-12(10-21-24)6-5-7-14(16)22-15-13(18(27)29-4)11-23(8-9-25)17(15)26/h5-7,10,22,25H,8-9,11H2,1-4H3. The van der Waals surface area contributed by atoms with Gasteiger partial charge in [-0.3, -0.25) is 4.79 Å². The van der Waals surface area contributed by atoms with Crippen molar-refractivity contribution in [2.75, 3.05) is 32.1 Å². The molecule has 1 aliphatic heterocycles. The molecule has 10 heteroatoms. The molecule has 2 N–H and O–H groups in total. The second-order valence-electron chi connectivity index (χ2n) is 7.70. The van der Waals surface area contributed by atoms with Gasteiger partial charge in [-0.15, -0.1) is 0 Å². The van der Waals surface area contributed by atoms with Crippen LogP contribution >= 0.6 is 0 Å². The zero-order valence-corrected chi connectivity index (χ0v) is 17.3. The number of fused-ring (bicyclic) bond motifs is 1. The van der Waals surface area contributed by atoms with E-state index in [9.17, 15) is 19.5 Å². The molecule has 0 saturated carbocycles. The van der Waals surface area contributed by atoms with Crippen LogP contribution in [-0.2, 0) is 19.1 Å². The highest BCUT2D eigenvalue weighted by Crippen LogP contribution is 2.28. The molecule has 1 amide bonds. The van der Waals surface area contributed by atoms with Gasteiger partial charge in [-0.25, -0.2) is 9.59 Å². The van der Waals surface area contributed by atoms with E-state index in [2.05, 4.69) is 10.4 Å². The lowest BCUT2D eigenvalue weighted by Gasteiger charge is -2.19. The van der Waals surface area contributed by atoms with E-state index in [1.807, 2.05) is 0 Å². The number of nitrogens with one attached hydrogen (secondary N) is 1. The average Bonchev–Trinajstić information content (AvgIpc) is 3.24. The number of carbonyl (C=O) groups is 3. The van der Waals surface area contributed by atoms with Gasteiger partial charge < -0.3 is 24.8 Å². The Morgan fingerprint density at radius 3 is 2.67 bits per heavy atom. The van der Waals surface area contributed by atoms with Crippen LogP contribution in [0.3, 0.4) is 0 Å². The van der Waals surface area contributed by atoms with Gasteiger partial charge in [-0.05, 0) is 26.8 Å². The van der Waals surface area contributed by atoms with Crippen molar-refractivity contribution >= 4 is 34.6 Å². The first-order valence-corrected chi connectivity index (χ1v) is 9.35. The van der Waals surface area contributed by atoms with Crippen molar-refractivity contribution < 1.29 is 29.0 Å². The zero-order chi connectivity index (χ0) is 22.1. The monoisotopic (exact) mass is 416 g/mol. The van der Waals surface area contributed by atoms with E-state index in [4.69, 9.17) is 9.47 Å². The Morgan fingerprint density at radius 2 is 2.03 bits per heavy atom. The second kappa shape index (κ2) is 8.15. The highest BCUT2D eigenvalue weighted by Gasteiger charge is 2.35. The summed E-state index contributed by atoms with van der Waals surface area (Å²) < 4.78 is 11.3. The fourth-order valence-corrected chi connectivity index (χ4v) is 3.11. The van der Waals surface area contributed by atoms with Crippen LogP contribution in [0.15, 0.2) is 35.7 Å². The summed E-state index contributed by atoms with van der Waals surface area (Å²) in [5.74, 6) is -1.11. The summed E-state index contributed by atoms with van der Waals surface area (Å²) in [6, 6.07) is 5.16. The smallest absolute Gasteiger partial charge is 0.435 e. The Morgan fingerprint density at radius 1 is 1.30 bits per heavy atom. The molecule has 0 atom stereocenters. The molecule has 0 aliphatic carbocycles. The molecule has 2 aromatic rings. The summed E-state index contributed by atoms with van der Waals surface area (Å²) in [5, 5.41) is 16.9. The van der Waals surface area contributed by atoms with Crippen molar-refractivity contribution in [3.05, 3.63) is 35.7 Å². The van der Waals surface area contributed by atoms with Crippen LogP contribution in [0, 0.1) is 0 Å². The lowest BCUT2D eigenvalue weighted by molar-refractivity contribution is -0.136. The Labute approximate surface area is 173 Å². The van der Waals surface area contributed by atoms with Crippen LogP contribution in [-0.4, -0.2) is 70.2 Å². The molecule has 1 aliphatic rings. The number of aliphatic hydroxyl groups excluding tert-OH is 1. The van der Waals surface area contributed by atoms with E-state index < -0.39 is 23.6 Å². The van der Waals surface area contributed by atoms with E-state index in [-0.39, 0.29) is 31.0 Å². The number of anilines is 1. The van der Waals surface area contributed by atoms with E-state index >= 15 is 0 Å². The van der Waals surface area contributed by atoms with Gasteiger partial charge in [-0.1, -0.05) is 12.1 Å². The topological polar surface area (TPSA) is 123 Å². The predicted molar refractivity (Wildman–Crippen MR) is 108 cm³/mol. The van der Waals surface area contributed by atoms with Crippen LogP contribution in [0.2, 0.25) is 0 Å². The number of amides is 1. The minimum atomic E-state index is -0.718. The lowest BCUT2D eigenvalue weighted by atomic mass is 10.2. The van der Waals surface area contributed by atoms with Crippen molar-refractivity contribution in [1.29, 1.82) is 0 Å². The molecule has 1 aromatic heterocycles. The minimum absolute atomic E-state index is 0.00963. The largest absolute Gasteiger partial charge is 0.466 e. The summed E-state index contributed by atoms with van der Waals surface area (Å²) in [7, 11) is 1.23. The third-order valence-electron chi connectivity index (χ3n) is 4.37. The molecular weight excluding hydrogens is 392 g/mol. The van der Waals surface area contributed by atoms with Crippen molar-refractivity contribution in [1.82, 2.24) is 14.7 Å². The van der Waals surface area contributed by atoms with E-state index in [0.717, 1.165) is 4.68 Å². The molecule has 0 bridgehead atoms. The van der Waals surface area contributed by atoms with Gasteiger partial charge in [0.05, 0.1) is 37.7 Å². The maximum absolute atomic E-state index is 12.8. The first-order chi connectivity index (χ1) is 14.2. The van der Waals surface area contributed by atoms with Crippen molar-refractivity contribution in [2.24, 2.45) is 0 Å². The van der Waals surface area contributed by atoms with Crippen LogP contribution in [0.5, 0.6) is 0 Å². The normalized spacial score (nSPS) is 14.4. The number of aliphatic hydroxyl groups is 1. The van der Waals surface area contributed by atoms with Gasteiger partial charge in [0.15, 0.2) is 0 Å². The highest BCUT2D eigenvalue weighted by atomic mass is 16.6. The molecule has 2 heterocycles. The van der Waals surface area contributed by atoms with Gasteiger partial charge in [0, 0.05) is 11.9 Å². The van der Waals surface area contributed by atoms with Gasteiger partial charge in [-0.2, -0.15) is 9.78 Å². The molecule has 0 unspecified atom stereocenters. The van der Waals surface area contributed by atoms with Gasteiger partial charge in [0.2, 0.25) is 0 Å². The maximum Gasteiger partial charge on any atom is 0.435 e. The summed E-state index contributed by atoms with van der Waals surface area (Å²) in [5.41, 5.74) is 0.240. The zero-order valence-electron chi connectivity index (χ0n) is 17.3. The van der Waals surface area contributed by atoms with Crippen LogP contribution in [0.1, 0.15) is 20.8 Å². The quantitative estimate of drug-likeness (QED) is 0.703. The lowest BCUT2D eigenvalue weighted by Crippen LogP contribution is -2.31. The number of nitrogens with zero attached hydrogens (tertiary/aromatic N) is 3. The first-order valence-electron chi connectivity index (χ1n) is 9.35. The summed E-state index contributed by atoms with van der Waals surface area (Å²) in [4.78, 5) is 38.9. The third kappa shape index (κ3) is 4.13. The number of ether oxygens (including phenoxy) is 2. The first kappa shape index (κ1) is 21.3. The van der Waals surface area contributed by atoms with E-state index in [1.165, 1.54) is 18.2 Å². The number of hydrogen-bond acceptors (Lipinski definition) is 8. The number of carbonyl (C=O) groups excluding carboxylic acids is 3. The number of β-amino-alcohol motifs (C(OH)–C–C–N with tert-alkyl or cyclic N) is 1. The van der Waals surface area contributed by atoms with Gasteiger partial charge >= 0.3 is 12.1 Å². The predicted octanol–water partition coefficient (Wildman–Crippen LogP) is 1.49. The fourth-order valence-electron chi connectivity index (χ4n) is 3.11. The molecule has 0 fully saturated rings. The highest BCUT2D eigenvalue weighted by molar-refractivity contribution is 6.10. The Hall–Kier alpha value is -3.40. The van der Waals surface area contributed by atoms with E-state index in [0.29, 0.717) is 16.6 Å². The number of rotatable bonds is 5. The van der Waals surface area contributed by atoms with Gasteiger partial charge in [0.1, 0.15) is 16.8 Å². The molecule has 160 valence electrons. The summed E-state index contributed by atoms with van der Waals surface area (Å²) >= 11 is 0. The maximum atomic E-state index is 12.8. The molecule has 10 nitrogen and oxygen atoms in total. The number of hydrogen-bond donors (Lipinski definition) is 2. The summed E-state index contributed by atoms with van der Waals surface area (Å²) in [6.07, 6.45) is 0.836. The molecule has 1 aromatic carbocycles. The van der Waals surface area contributed by atoms with Crippen LogP contribution < -0.4 is 5.32 Å². The Bertz CT molecular complexity index is 1030.